The molecule has 5 heteroatoms. The van der Waals surface area contributed by atoms with Crippen molar-refractivity contribution < 1.29 is 23.8 Å². The molecule has 4 atom stereocenters. The molecule has 1 aliphatic carbocycles. The molecule has 5 nitrogen and oxygen atoms in total. The minimum Gasteiger partial charge on any atom is -0.434 e. The molecule has 2 bridgehead atoms. The van der Waals surface area contributed by atoms with E-state index < -0.39 is 6.16 Å². The van der Waals surface area contributed by atoms with Crippen molar-refractivity contribution in [3.63, 3.8) is 0 Å². The predicted molar refractivity (Wildman–Crippen MR) is 105 cm³/mol. The third kappa shape index (κ3) is 2.87. The van der Waals surface area contributed by atoms with Gasteiger partial charge in [-0.2, -0.15) is 0 Å². The van der Waals surface area contributed by atoms with Crippen LogP contribution in [0.25, 0.3) is 5.57 Å². The highest BCUT2D eigenvalue weighted by molar-refractivity contribution is 6.26. The van der Waals surface area contributed by atoms with E-state index in [4.69, 9.17) is 14.2 Å². The highest BCUT2D eigenvalue weighted by Gasteiger charge is 2.60. The van der Waals surface area contributed by atoms with E-state index in [1.54, 1.807) is 6.92 Å². The van der Waals surface area contributed by atoms with Crippen LogP contribution in [0.2, 0.25) is 0 Å². The largest absolute Gasteiger partial charge is 0.513 e. The van der Waals surface area contributed by atoms with E-state index >= 15 is 0 Å². The Morgan fingerprint density at radius 2 is 1.68 bits per heavy atom. The second-order valence-electron chi connectivity index (χ2n) is 7.90. The van der Waals surface area contributed by atoms with Crippen LogP contribution in [0.3, 0.4) is 0 Å². The van der Waals surface area contributed by atoms with E-state index in [1.165, 1.54) is 5.56 Å². The zero-order valence-electron chi connectivity index (χ0n) is 17.0. The summed E-state index contributed by atoms with van der Waals surface area (Å²) in [5.41, 5.74) is 4.96. The van der Waals surface area contributed by atoms with Crippen LogP contribution < -0.4 is 0 Å². The maximum absolute atomic E-state index is 13.6. The zero-order valence-corrected chi connectivity index (χ0v) is 17.0. The van der Waals surface area contributed by atoms with E-state index in [2.05, 4.69) is 32.9 Å². The molecule has 1 aromatic carbocycles. The number of rotatable bonds is 5. The smallest absolute Gasteiger partial charge is 0.434 e. The first-order valence-electron chi connectivity index (χ1n) is 10.4. The SMILES string of the molecule is CCOC(=O)OC1=C(c2c(CC)cc(C)cc2CC)C(=O)[C@H]2C3CCC(O3)[C@@H]12. The van der Waals surface area contributed by atoms with Crippen LogP contribution in [0, 0.1) is 18.8 Å². The van der Waals surface area contributed by atoms with E-state index in [0.29, 0.717) is 11.3 Å². The van der Waals surface area contributed by atoms with Crippen LogP contribution in [-0.4, -0.2) is 30.8 Å². The Morgan fingerprint density at radius 1 is 1.07 bits per heavy atom. The average Bonchev–Trinajstić information content (AvgIpc) is 3.35. The van der Waals surface area contributed by atoms with Crippen LogP contribution >= 0.6 is 0 Å². The van der Waals surface area contributed by atoms with Gasteiger partial charge in [-0.25, -0.2) is 4.79 Å². The topological polar surface area (TPSA) is 61.8 Å². The lowest BCUT2D eigenvalue weighted by Crippen LogP contribution is -2.30. The van der Waals surface area contributed by atoms with Crippen molar-refractivity contribution in [2.75, 3.05) is 6.61 Å². The normalized spacial score (nSPS) is 28.1. The Hall–Kier alpha value is -2.14. The van der Waals surface area contributed by atoms with Crippen LogP contribution in [0.5, 0.6) is 0 Å². The Kier molecular flexibility index (Phi) is 5.04. The fourth-order valence-corrected chi connectivity index (χ4v) is 5.22. The molecule has 2 heterocycles. The molecule has 2 fully saturated rings. The molecule has 4 rings (SSSR count). The Bertz CT molecular complexity index is 828. The van der Waals surface area contributed by atoms with Crippen molar-refractivity contribution in [1.82, 2.24) is 0 Å². The molecule has 150 valence electrons. The van der Waals surface area contributed by atoms with Crippen molar-refractivity contribution in [3.05, 3.63) is 40.1 Å². The van der Waals surface area contributed by atoms with Gasteiger partial charge in [-0.3, -0.25) is 4.79 Å². The Balaban J connectivity index is 1.89. The summed E-state index contributed by atoms with van der Waals surface area (Å²) < 4.78 is 16.8. The van der Waals surface area contributed by atoms with Gasteiger partial charge in [-0.15, -0.1) is 0 Å². The summed E-state index contributed by atoms with van der Waals surface area (Å²) in [4.78, 5) is 25.8. The lowest BCUT2D eigenvalue weighted by atomic mass is 9.80. The molecule has 0 amide bonds. The third-order valence-electron chi connectivity index (χ3n) is 6.28. The lowest BCUT2D eigenvalue weighted by molar-refractivity contribution is -0.118. The van der Waals surface area contributed by atoms with Gasteiger partial charge in [0, 0.05) is 0 Å². The number of ether oxygens (including phenoxy) is 3. The molecule has 28 heavy (non-hydrogen) atoms. The Labute approximate surface area is 166 Å². The van der Waals surface area contributed by atoms with Gasteiger partial charge in [0.15, 0.2) is 5.78 Å². The van der Waals surface area contributed by atoms with Gasteiger partial charge in [0.2, 0.25) is 0 Å². The number of ketones is 1. The van der Waals surface area contributed by atoms with Crippen LogP contribution in [-0.2, 0) is 31.8 Å². The number of hydrogen-bond donors (Lipinski definition) is 0. The number of allylic oxidation sites excluding steroid dienone is 1. The number of fused-ring (bicyclic) bond motifs is 5. The summed E-state index contributed by atoms with van der Waals surface area (Å²) in [6, 6.07) is 4.27. The summed E-state index contributed by atoms with van der Waals surface area (Å²) in [6.45, 7) is 8.24. The number of carbonyl (C=O) groups excluding carboxylic acids is 2. The molecule has 0 aromatic heterocycles. The highest BCUT2D eigenvalue weighted by atomic mass is 16.7. The fraction of sp³-hybridized carbons (Fsp3) is 0.565. The maximum Gasteiger partial charge on any atom is 0.513 e. The number of benzene rings is 1. The molecule has 2 saturated heterocycles. The van der Waals surface area contributed by atoms with Crippen molar-refractivity contribution in [2.24, 2.45) is 11.8 Å². The molecule has 0 saturated carbocycles. The molecule has 1 aromatic rings. The Morgan fingerprint density at radius 3 is 2.25 bits per heavy atom. The standard InChI is InChI=1S/C23H28O5/c1-5-13-10-12(4)11-14(6-2)17(13)20-21(24)18-15-8-9-16(27-15)19(18)22(20)28-23(25)26-7-3/h10-11,15-16,18-19H,5-9H2,1-4H3/t15?,16?,18-,19+/m0/s1. The number of aryl methyl sites for hydroxylation is 3. The average molecular weight is 384 g/mol. The van der Waals surface area contributed by atoms with E-state index in [1.807, 2.05) is 0 Å². The van der Waals surface area contributed by atoms with Crippen molar-refractivity contribution in [3.8, 4) is 0 Å². The molecule has 0 spiro atoms. The van der Waals surface area contributed by atoms with Gasteiger partial charge in [0.25, 0.3) is 0 Å². The van der Waals surface area contributed by atoms with Crippen LogP contribution in [0.15, 0.2) is 17.9 Å². The monoisotopic (exact) mass is 384 g/mol. The minimum atomic E-state index is -0.741. The van der Waals surface area contributed by atoms with E-state index in [-0.39, 0.29) is 36.4 Å². The summed E-state index contributed by atoms with van der Waals surface area (Å²) >= 11 is 0. The molecule has 2 unspecified atom stereocenters. The van der Waals surface area contributed by atoms with Gasteiger partial charge in [0.05, 0.1) is 36.2 Å². The van der Waals surface area contributed by atoms with Crippen molar-refractivity contribution in [1.29, 1.82) is 0 Å². The molecular weight excluding hydrogens is 356 g/mol. The summed E-state index contributed by atoms with van der Waals surface area (Å²) in [5, 5.41) is 0. The summed E-state index contributed by atoms with van der Waals surface area (Å²) in [7, 11) is 0. The van der Waals surface area contributed by atoms with E-state index in [0.717, 1.165) is 42.4 Å². The third-order valence-corrected chi connectivity index (χ3v) is 6.28. The zero-order chi connectivity index (χ0) is 20.0. The van der Waals surface area contributed by atoms with Gasteiger partial charge >= 0.3 is 6.16 Å². The number of carbonyl (C=O) groups is 2. The lowest BCUT2D eigenvalue weighted by Gasteiger charge is -2.21. The minimum absolute atomic E-state index is 0.0542. The summed E-state index contributed by atoms with van der Waals surface area (Å²) in [5.74, 6) is 0.105. The van der Waals surface area contributed by atoms with Gasteiger partial charge in [0.1, 0.15) is 5.76 Å². The van der Waals surface area contributed by atoms with Gasteiger partial charge in [-0.05, 0) is 56.2 Å². The van der Waals surface area contributed by atoms with Crippen LogP contribution in [0.4, 0.5) is 4.79 Å². The maximum atomic E-state index is 13.6. The van der Waals surface area contributed by atoms with E-state index in [9.17, 15) is 9.59 Å². The van der Waals surface area contributed by atoms with Crippen molar-refractivity contribution in [2.45, 2.75) is 65.6 Å². The highest BCUT2D eigenvalue weighted by Crippen LogP contribution is 2.55. The first kappa shape index (κ1) is 19.2. The second kappa shape index (κ2) is 7.36. The second-order valence-corrected chi connectivity index (χ2v) is 7.90. The molecule has 3 aliphatic rings. The first-order chi connectivity index (χ1) is 13.5. The first-order valence-corrected chi connectivity index (χ1v) is 10.4. The predicted octanol–water partition coefficient (Wildman–Crippen LogP) is 4.38. The summed E-state index contributed by atoms with van der Waals surface area (Å²) in [6.07, 6.45) is 2.56. The van der Waals surface area contributed by atoms with Gasteiger partial charge < -0.3 is 14.2 Å². The molecule has 0 N–H and O–H groups in total. The van der Waals surface area contributed by atoms with Gasteiger partial charge in [-0.1, -0.05) is 31.5 Å². The molecule has 0 radical (unpaired) electrons. The van der Waals surface area contributed by atoms with Crippen LogP contribution in [0.1, 0.15) is 55.9 Å². The molecule has 2 aliphatic heterocycles. The quantitative estimate of drug-likeness (QED) is 0.705. The van der Waals surface area contributed by atoms with Crippen molar-refractivity contribution >= 4 is 17.5 Å². The fourth-order valence-electron chi connectivity index (χ4n) is 5.22. The number of Topliss-reactive ketones (excluding diaryl/α,β-unsaturated/α-hetero) is 1. The molecular formula is C23H28O5. The number of hydrogen-bond acceptors (Lipinski definition) is 5.